The lowest BCUT2D eigenvalue weighted by molar-refractivity contribution is 0.312. The highest BCUT2D eigenvalue weighted by atomic mass is 15.3. The lowest BCUT2D eigenvalue weighted by Crippen LogP contribution is -2.45. The molecule has 1 aromatic heterocycles. The van der Waals surface area contributed by atoms with Crippen molar-refractivity contribution in [2.75, 3.05) is 44.7 Å². The Hall–Kier alpha value is -1.65. The van der Waals surface area contributed by atoms with Crippen molar-refractivity contribution in [1.82, 2.24) is 9.88 Å². The second-order valence-corrected chi connectivity index (χ2v) is 6.45. The van der Waals surface area contributed by atoms with Crippen LogP contribution in [-0.2, 0) is 6.42 Å². The molecule has 0 spiro atoms. The van der Waals surface area contributed by atoms with Crippen molar-refractivity contribution in [2.24, 2.45) is 5.73 Å². The Labute approximate surface area is 132 Å². The predicted octanol–water partition coefficient (Wildman–Crippen LogP) is 2.10. The van der Waals surface area contributed by atoms with Crippen LogP contribution in [0.15, 0.2) is 18.2 Å². The van der Waals surface area contributed by atoms with Crippen LogP contribution in [0.5, 0.6) is 0 Å². The first-order chi connectivity index (χ1) is 10.6. The largest absolute Gasteiger partial charge is 0.354 e. The molecular weight excluding hydrogens is 272 g/mol. The Balaban J connectivity index is 2.08. The van der Waals surface area contributed by atoms with Crippen molar-refractivity contribution in [3.05, 3.63) is 34.9 Å². The number of aryl methyl sites for hydroxylation is 2. The molecule has 2 N–H and O–H groups in total. The molecule has 2 heterocycles. The minimum absolute atomic E-state index is 0.665. The third-order valence-corrected chi connectivity index (χ3v) is 4.53. The molecule has 0 amide bonds. The number of benzene rings is 1. The molecule has 1 aliphatic rings. The van der Waals surface area contributed by atoms with Crippen molar-refractivity contribution in [3.8, 4) is 0 Å². The molecule has 2 aromatic rings. The lowest BCUT2D eigenvalue weighted by atomic mass is 10.0. The number of aromatic nitrogens is 1. The summed E-state index contributed by atoms with van der Waals surface area (Å²) in [5.74, 6) is 1.14. The summed E-state index contributed by atoms with van der Waals surface area (Å²) in [4.78, 5) is 9.83. The third-order valence-electron chi connectivity index (χ3n) is 4.53. The number of hydrogen-bond donors (Lipinski definition) is 1. The van der Waals surface area contributed by atoms with E-state index in [0.717, 1.165) is 43.9 Å². The Morgan fingerprint density at radius 2 is 1.82 bits per heavy atom. The summed E-state index contributed by atoms with van der Waals surface area (Å²) < 4.78 is 0. The normalized spacial score (nSPS) is 16.5. The van der Waals surface area contributed by atoms with Crippen molar-refractivity contribution >= 4 is 16.7 Å². The van der Waals surface area contributed by atoms with E-state index in [2.05, 4.69) is 48.9 Å². The maximum Gasteiger partial charge on any atom is 0.132 e. The van der Waals surface area contributed by atoms with Gasteiger partial charge in [-0.05, 0) is 57.1 Å². The van der Waals surface area contributed by atoms with Gasteiger partial charge in [-0.15, -0.1) is 0 Å². The van der Waals surface area contributed by atoms with Gasteiger partial charge in [-0.3, -0.25) is 0 Å². The summed E-state index contributed by atoms with van der Waals surface area (Å²) in [6.45, 7) is 9.22. The molecule has 1 fully saturated rings. The topological polar surface area (TPSA) is 45.4 Å². The second kappa shape index (κ2) is 6.23. The number of nitrogens with zero attached hydrogens (tertiary/aromatic N) is 3. The van der Waals surface area contributed by atoms with Gasteiger partial charge in [0.05, 0.1) is 5.52 Å². The average molecular weight is 298 g/mol. The van der Waals surface area contributed by atoms with Crippen molar-refractivity contribution in [1.29, 1.82) is 0 Å². The van der Waals surface area contributed by atoms with E-state index in [1.54, 1.807) is 0 Å². The van der Waals surface area contributed by atoms with E-state index in [9.17, 15) is 0 Å². The highest BCUT2D eigenvalue weighted by Gasteiger charge is 2.19. The number of pyridine rings is 1. The number of likely N-dealkylation sites (N-methyl/N-ethyl adjacent to an activating group) is 1. The van der Waals surface area contributed by atoms with Gasteiger partial charge in [0.1, 0.15) is 5.82 Å². The monoisotopic (exact) mass is 298 g/mol. The fourth-order valence-electron chi connectivity index (χ4n) is 3.32. The fourth-order valence-corrected chi connectivity index (χ4v) is 3.32. The van der Waals surface area contributed by atoms with Crippen molar-refractivity contribution in [2.45, 2.75) is 20.3 Å². The molecule has 0 radical (unpaired) electrons. The van der Waals surface area contributed by atoms with Crippen LogP contribution in [0.4, 0.5) is 5.82 Å². The fraction of sp³-hybridized carbons (Fsp3) is 0.500. The van der Waals surface area contributed by atoms with E-state index in [0.29, 0.717) is 6.54 Å². The van der Waals surface area contributed by atoms with Gasteiger partial charge < -0.3 is 15.5 Å². The van der Waals surface area contributed by atoms with Gasteiger partial charge >= 0.3 is 0 Å². The van der Waals surface area contributed by atoms with E-state index in [1.807, 2.05) is 0 Å². The van der Waals surface area contributed by atoms with Crippen LogP contribution in [0, 0.1) is 13.8 Å². The van der Waals surface area contributed by atoms with E-state index in [1.165, 1.54) is 22.1 Å². The molecule has 1 aliphatic heterocycles. The highest BCUT2D eigenvalue weighted by Crippen LogP contribution is 2.27. The molecule has 4 heteroatoms. The van der Waals surface area contributed by atoms with E-state index in [-0.39, 0.29) is 0 Å². The standard InChI is InChI=1S/C18H26N4/c1-13-10-14(2)17-16(11-13)12-15(4-5-19)18(20-17)22-8-6-21(3)7-9-22/h10-12H,4-9,19H2,1-3H3. The quantitative estimate of drug-likeness (QED) is 0.942. The van der Waals surface area contributed by atoms with E-state index >= 15 is 0 Å². The van der Waals surface area contributed by atoms with Gasteiger partial charge in [0.2, 0.25) is 0 Å². The van der Waals surface area contributed by atoms with E-state index < -0.39 is 0 Å². The van der Waals surface area contributed by atoms with Gasteiger partial charge in [0.25, 0.3) is 0 Å². The summed E-state index contributed by atoms with van der Waals surface area (Å²) >= 11 is 0. The highest BCUT2D eigenvalue weighted by molar-refractivity contribution is 5.85. The van der Waals surface area contributed by atoms with Crippen LogP contribution in [0.2, 0.25) is 0 Å². The molecule has 1 aromatic carbocycles. The average Bonchev–Trinajstić information content (AvgIpc) is 2.48. The first-order valence-corrected chi connectivity index (χ1v) is 8.13. The SMILES string of the molecule is Cc1cc(C)c2nc(N3CCN(C)CC3)c(CCN)cc2c1. The number of fused-ring (bicyclic) bond motifs is 1. The molecule has 118 valence electrons. The maximum absolute atomic E-state index is 5.83. The Kier molecular flexibility index (Phi) is 4.32. The summed E-state index contributed by atoms with van der Waals surface area (Å²) in [6.07, 6.45) is 0.887. The van der Waals surface area contributed by atoms with E-state index in [4.69, 9.17) is 10.7 Å². The molecule has 1 saturated heterocycles. The maximum atomic E-state index is 5.83. The Morgan fingerprint density at radius 1 is 1.09 bits per heavy atom. The molecule has 22 heavy (non-hydrogen) atoms. The minimum Gasteiger partial charge on any atom is -0.354 e. The van der Waals surface area contributed by atoms with Gasteiger partial charge in [-0.1, -0.05) is 11.6 Å². The Bertz CT molecular complexity index is 672. The summed E-state index contributed by atoms with van der Waals surface area (Å²) in [7, 11) is 2.18. The summed E-state index contributed by atoms with van der Waals surface area (Å²) in [5, 5.41) is 1.24. The Morgan fingerprint density at radius 3 is 2.50 bits per heavy atom. The minimum atomic E-state index is 0.665. The van der Waals surface area contributed by atoms with Crippen LogP contribution in [0.3, 0.4) is 0 Å². The van der Waals surface area contributed by atoms with Crippen molar-refractivity contribution < 1.29 is 0 Å². The van der Waals surface area contributed by atoms with Crippen LogP contribution >= 0.6 is 0 Å². The first-order valence-electron chi connectivity index (χ1n) is 8.13. The third kappa shape index (κ3) is 2.94. The number of piperazine rings is 1. The number of rotatable bonds is 3. The molecule has 0 unspecified atom stereocenters. The van der Waals surface area contributed by atoms with Gasteiger partial charge in [-0.25, -0.2) is 4.98 Å². The van der Waals surface area contributed by atoms with Crippen LogP contribution in [0.25, 0.3) is 10.9 Å². The second-order valence-electron chi connectivity index (χ2n) is 6.45. The zero-order valence-electron chi connectivity index (χ0n) is 13.9. The van der Waals surface area contributed by atoms with Gasteiger partial charge in [0, 0.05) is 31.6 Å². The lowest BCUT2D eigenvalue weighted by Gasteiger charge is -2.34. The molecule has 0 atom stereocenters. The molecule has 0 saturated carbocycles. The number of anilines is 1. The summed E-state index contributed by atoms with van der Waals surface area (Å²) in [5.41, 5.74) is 10.8. The van der Waals surface area contributed by atoms with Crippen LogP contribution in [0.1, 0.15) is 16.7 Å². The number of hydrogen-bond acceptors (Lipinski definition) is 4. The summed E-state index contributed by atoms with van der Waals surface area (Å²) in [6, 6.07) is 6.73. The zero-order valence-corrected chi connectivity index (χ0v) is 13.9. The predicted molar refractivity (Wildman–Crippen MR) is 93.7 cm³/mol. The molecular formula is C18H26N4. The van der Waals surface area contributed by atoms with Crippen LogP contribution < -0.4 is 10.6 Å². The molecule has 3 rings (SSSR count). The zero-order chi connectivity index (χ0) is 15.7. The van der Waals surface area contributed by atoms with Crippen LogP contribution in [-0.4, -0.2) is 49.7 Å². The van der Waals surface area contributed by atoms with Gasteiger partial charge in [-0.2, -0.15) is 0 Å². The molecule has 4 nitrogen and oxygen atoms in total. The number of nitrogens with two attached hydrogens (primary N) is 1. The molecule has 0 aliphatic carbocycles. The first kappa shape index (κ1) is 15.3. The molecule has 0 bridgehead atoms. The smallest absolute Gasteiger partial charge is 0.132 e. The van der Waals surface area contributed by atoms with Crippen molar-refractivity contribution in [3.63, 3.8) is 0 Å². The van der Waals surface area contributed by atoms with Gasteiger partial charge in [0.15, 0.2) is 0 Å².